The van der Waals surface area contributed by atoms with E-state index in [4.69, 9.17) is 0 Å². The molecule has 10 aliphatic heterocycles. The van der Waals surface area contributed by atoms with E-state index in [0.717, 1.165) is 26.9 Å². The first kappa shape index (κ1) is 17.7. The first-order valence-corrected chi connectivity index (χ1v) is 23.6. The summed E-state index contributed by atoms with van der Waals surface area (Å²) in [6.07, 6.45) is 17.7. The zero-order valence-corrected chi connectivity index (χ0v) is 23.1. The maximum absolute atomic E-state index is 15.3. The minimum atomic E-state index is -3.46. The summed E-state index contributed by atoms with van der Waals surface area (Å²) in [5.41, 5.74) is 3.17. The number of hydrogen-bond acceptors (Lipinski definition) is 0. The van der Waals surface area contributed by atoms with Gasteiger partial charge in [-0.05, 0) is 0 Å². The molecule has 10 heterocycles. The summed E-state index contributed by atoms with van der Waals surface area (Å²) >= 11 is 0. The van der Waals surface area contributed by atoms with E-state index in [0.29, 0.717) is 8.58 Å². The number of hydrogen-bond donors (Lipinski definition) is 0. The minimum absolute atomic E-state index is 0.254. The van der Waals surface area contributed by atoms with Gasteiger partial charge in [-0.15, -0.1) is 0 Å². The van der Waals surface area contributed by atoms with Gasteiger partial charge in [-0.1, -0.05) is 0 Å². The molecule has 8 unspecified atom stereocenters. The first-order valence-electron chi connectivity index (χ1n) is 14.8. The van der Waals surface area contributed by atoms with Crippen LogP contribution in [-0.2, 0) is 6.51 Å². The molecule has 2 saturated carbocycles. The molecule has 12 aliphatic rings. The molecule has 0 N–H and O–H groups in total. The van der Waals surface area contributed by atoms with E-state index in [1.807, 2.05) is 0 Å². The number of rotatable bonds is 8. The van der Waals surface area contributed by atoms with Crippen molar-refractivity contribution in [1.29, 1.82) is 0 Å². The summed E-state index contributed by atoms with van der Waals surface area (Å²) in [7, 11) is 0.932. The third kappa shape index (κ3) is 0.391. The van der Waals surface area contributed by atoms with Crippen molar-refractivity contribution in [3.8, 4) is 0 Å². The molecule has 1 spiro atoms. The van der Waals surface area contributed by atoms with Crippen molar-refractivity contribution in [2.24, 2.45) is 0 Å². The fourth-order valence-corrected chi connectivity index (χ4v) is 122. The average molecular weight is 516 g/mol. The molecular formula is C28H43FFeP2. The molecule has 0 bridgehead atoms. The molecule has 2 aliphatic carbocycles. The fraction of sp³-hybridized carbons (Fsp3) is 1.00. The molecular weight excluding hydrogens is 473 g/mol. The first-order chi connectivity index (χ1) is 15.4. The molecule has 0 aromatic carbocycles. The van der Waals surface area contributed by atoms with E-state index < -0.39 is 12.4 Å². The van der Waals surface area contributed by atoms with Gasteiger partial charge >= 0.3 is 188 Å². The quantitative estimate of drug-likeness (QED) is 0.222. The molecule has 12 fully saturated rings. The van der Waals surface area contributed by atoms with Crippen molar-refractivity contribution in [2.45, 2.75) is 161 Å². The second kappa shape index (κ2) is 2.60. The van der Waals surface area contributed by atoms with Crippen LogP contribution in [0.5, 0.6) is 0 Å². The third-order valence-electron chi connectivity index (χ3n) is 20.8. The summed E-state index contributed by atoms with van der Waals surface area (Å²) in [6, 6.07) is 0. The Morgan fingerprint density at radius 2 is 1.38 bits per heavy atom. The third-order valence-corrected chi connectivity index (χ3v) is 74.1. The van der Waals surface area contributed by atoms with Gasteiger partial charge in [-0.2, -0.15) is 0 Å². The summed E-state index contributed by atoms with van der Waals surface area (Å²) in [4.78, 5) is 11.2. The Morgan fingerprint density at radius 3 is 1.81 bits per heavy atom. The predicted molar refractivity (Wildman–Crippen MR) is 134 cm³/mol. The van der Waals surface area contributed by atoms with Crippen LogP contribution in [0.3, 0.4) is 0 Å². The Morgan fingerprint density at radius 1 is 0.844 bits per heavy atom. The number of alkyl halides is 1. The number of halogens is 1. The Labute approximate surface area is 187 Å². The molecule has 0 radical (unpaired) electrons. The van der Waals surface area contributed by atoms with E-state index in [1.54, 1.807) is 51.4 Å². The maximum atomic E-state index is 15.3. The monoisotopic (exact) mass is 516 g/mol. The van der Waals surface area contributed by atoms with Crippen molar-refractivity contribution >= 4 is 16.5 Å². The van der Waals surface area contributed by atoms with Crippen LogP contribution in [0.15, 0.2) is 0 Å². The molecule has 180 valence electrons. The normalized spacial score (nSPS) is 80.9. The molecule has 0 nitrogen and oxygen atoms in total. The SMILES string of the molecule is CCCC(F)PC(C)[C]12[CH]3[CH]4[CH]5[C]1(P(C1CCCCC1)C1CCCCC1)[Fe]43521678[CH]2[CH]1[CH]6[CH]7[CH]28. The van der Waals surface area contributed by atoms with Gasteiger partial charge in [0.15, 0.2) is 0 Å². The Balaban J connectivity index is 1.10. The summed E-state index contributed by atoms with van der Waals surface area (Å²) < 4.78 is 17.2. The van der Waals surface area contributed by atoms with Crippen LogP contribution < -0.4 is 0 Å². The van der Waals surface area contributed by atoms with Crippen LogP contribution in [0.1, 0.15) is 90.9 Å². The summed E-state index contributed by atoms with van der Waals surface area (Å²) in [6.45, 7) is 1.44. The van der Waals surface area contributed by atoms with Crippen LogP contribution in [-0.4, -0.2) is 26.9 Å². The second-order valence-electron chi connectivity index (χ2n) is 16.9. The van der Waals surface area contributed by atoms with Gasteiger partial charge in [0.1, 0.15) is 0 Å². The molecule has 0 aromatic heterocycles. The van der Waals surface area contributed by atoms with Crippen LogP contribution in [0, 0.1) is 0 Å². The molecule has 32 heavy (non-hydrogen) atoms. The van der Waals surface area contributed by atoms with Crippen LogP contribution in [0.25, 0.3) is 0 Å². The molecule has 0 amide bonds. The van der Waals surface area contributed by atoms with Crippen molar-refractivity contribution < 1.29 is 10.9 Å². The van der Waals surface area contributed by atoms with Gasteiger partial charge in [0.05, 0.1) is 0 Å². The average Bonchev–Trinajstić information content (AvgIpc) is 3.75. The van der Waals surface area contributed by atoms with Crippen molar-refractivity contribution in [3.05, 3.63) is 0 Å². The Bertz CT molecular complexity index is 1300. The van der Waals surface area contributed by atoms with Gasteiger partial charge in [-0.3, -0.25) is 0 Å². The Hall–Kier alpha value is 1.31. The second-order valence-corrected chi connectivity index (χ2v) is 45.4. The Kier molecular flexibility index (Phi) is 1.44. The van der Waals surface area contributed by atoms with E-state index in [1.165, 1.54) is 62.7 Å². The van der Waals surface area contributed by atoms with E-state index in [-0.39, 0.29) is 7.92 Å². The predicted octanol–water partition coefficient (Wildman–Crippen LogP) is 9.96. The van der Waals surface area contributed by atoms with Crippen LogP contribution in [0.2, 0.25) is 42.8 Å². The van der Waals surface area contributed by atoms with Crippen molar-refractivity contribution in [1.82, 2.24) is 0 Å². The van der Waals surface area contributed by atoms with E-state index in [9.17, 15) is 0 Å². The van der Waals surface area contributed by atoms with Gasteiger partial charge in [0, 0.05) is 0 Å². The van der Waals surface area contributed by atoms with Crippen molar-refractivity contribution in [3.63, 3.8) is 0 Å². The van der Waals surface area contributed by atoms with E-state index in [2.05, 4.69) is 13.8 Å². The summed E-state index contributed by atoms with van der Waals surface area (Å²) in [5.74, 6) is -0.456. The van der Waals surface area contributed by atoms with Crippen molar-refractivity contribution in [2.75, 3.05) is 0 Å². The zero-order chi connectivity index (χ0) is 21.0. The van der Waals surface area contributed by atoms with Gasteiger partial charge in [-0.25, -0.2) is 0 Å². The molecule has 4 heteroatoms. The molecule has 10 saturated heterocycles. The molecule has 8 atom stereocenters. The number of fused-ring (bicyclic) bond motifs is 10. The fourth-order valence-electron chi connectivity index (χ4n) is 22.9. The molecule has 12 rings (SSSR count). The molecule has 0 aromatic rings. The van der Waals surface area contributed by atoms with Crippen LogP contribution in [0.4, 0.5) is 4.39 Å². The topological polar surface area (TPSA) is 0 Å². The van der Waals surface area contributed by atoms with Gasteiger partial charge in [0.2, 0.25) is 0 Å². The van der Waals surface area contributed by atoms with Gasteiger partial charge in [0.25, 0.3) is 0 Å². The zero-order valence-electron chi connectivity index (χ0n) is 20.1. The summed E-state index contributed by atoms with van der Waals surface area (Å²) in [5, 5.41) is 0. The van der Waals surface area contributed by atoms with E-state index >= 15 is 4.39 Å². The standard InChI is InChI=1S/C23H38FP2.C5H5.Fe/c1-3-11-23(24)25-18(2)21-16-10-17-22(21)26(19-12-6-4-7-13-19)20-14-8-5-9-15-20;1-2-4-5-3-1;/h10,16-20,23,25H,3-9,11-15H2,1-2H3;1-5H;. The van der Waals surface area contributed by atoms with Crippen LogP contribution >= 0.6 is 16.5 Å². The van der Waals surface area contributed by atoms with Gasteiger partial charge < -0.3 is 0 Å².